The molecule has 0 atom stereocenters. The van der Waals surface area contributed by atoms with Crippen molar-refractivity contribution in [2.75, 3.05) is 26.7 Å². The lowest BCUT2D eigenvalue weighted by molar-refractivity contribution is -0.153. The smallest absolute Gasteiger partial charge is 0.309 e. The zero-order valence-electron chi connectivity index (χ0n) is 13.2. The van der Waals surface area contributed by atoms with Crippen molar-refractivity contribution in [3.63, 3.8) is 0 Å². The van der Waals surface area contributed by atoms with Crippen molar-refractivity contribution in [2.24, 2.45) is 5.92 Å². The number of piperidine rings is 1. The Morgan fingerprint density at radius 1 is 1.25 bits per heavy atom. The average molecular weight is 358 g/mol. The minimum absolute atomic E-state index is 0.0181. The van der Waals surface area contributed by atoms with Crippen LogP contribution in [0.15, 0.2) is 29.2 Å². The zero-order valence-corrected chi connectivity index (χ0v) is 14.0. The SMILES string of the molecule is CNC(=O)COC(=O)C1CCN(S(=O)(=O)c2ccc(F)cc2)CC1. The van der Waals surface area contributed by atoms with Gasteiger partial charge in [0.05, 0.1) is 10.8 Å². The number of rotatable bonds is 5. The lowest BCUT2D eigenvalue weighted by Crippen LogP contribution is -2.41. The largest absolute Gasteiger partial charge is 0.455 e. The van der Waals surface area contributed by atoms with E-state index in [9.17, 15) is 22.4 Å². The van der Waals surface area contributed by atoms with E-state index in [0.717, 1.165) is 12.1 Å². The molecule has 0 aromatic heterocycles. The molecule has 1 saturated heterocycles. The number of hydrogen-bond acceptors (Lipinski definition) is 5. The van der Waals surface area contributed by atoms with Gasteiger partial charge in [0.2, 0.25) is 10.0 Å². The fourth-order valence-corrected chi connectivity index (χ4v) is 3.88. The topological polar surface area (TPSA) is 92.8 Å². The van der Waals surface area contributed by atoms with E-state index in [1.165, 1.54) is 23.5 Å². The number of ether oxygens (including phenoxy) is 1. The van der Waals surface area contributed by atoms with Gasteiger partial charge in [-0.05, 0) is 37.1 Å². The number of carbonyl (C=O) groups excluding carboxylic acids is 2. The van der Waals surface area contributed by atoms with Gasteiger partial charge >= 0.3 is 5.97 Å². The monoisotopic (exact) mass is 358 g/mol. The van der Waals surface area contributed by atoms with Crippen molar-refractivity contribution < 1.29 is 27.1 Å². The quantitative estimate of drug-likeness (QED) is 0.775. The summed E-state index contributed by atoms with van der Waals surface area (Å²) < 4.78 is 44.0. The Hall–Kier alpha value is -2.00. The molecular weight excluding hydrogens is 339 g/mol. The number of sulfonamides is 1. The number of amides is 1. The Morgan fingerprint density at radius 3 is 2.38 bits per heavy atom. The lowest BCUT2D eigenvalue weighted by Gasteiger charge is -2.30. The Balaban J connectivity index is 1.93. The molecule has 1 amide bonds. The maximum atomic E-state index is 12.9. The van der Waals surface area contributed by atoms with Crippen molar-refractivity contribution in [3.8, 4) is 0 Å². The molecule has 0 spiro atoms. The van der Waals surface area contributed by atoms with Crippen molar-refractivity contribution in [1.29, 1.82) is 0 Å². The molecule has 7 nitrogen and oxygen atoms in total. The molecule has 1 aromatic carbocycles. The van der Waals surface area contributed by atoms with Crippen LogP contribution in [-0.2, 0) is 24.3 Å². The molecule has 0 aliphatic carbocycles. The van der Waals surface area contributed by atoms with Crippen LogP contribution in [0.25, 0.3) is 0 Å². The van der Waals surface area contributed by atoms with E-state index < -0.39 is 33.6 Å². The predicted molar refractivity (Wildman–Crippen MR) is 82.9 cm³/mol. The van der Waals surface area contributed by atoms with E-state index >= 15 is 0 Å². The van der Waals surface area contributed by atoms with Gasteiger partial charge in [-0.3, -0.25) is 9.59 Å². The highest BCUT2D eigenvalue weighted by atomic mass is 32.2. The van der Waals surface area contributed by atoms with Gasteiger partial charge in [0.1, 0.15) is 5.82 Å². The van der Waals surface area contributed by atoms with E-state index in [0.29, 0.717) is 12.8 Å². The first-order valence-corrected chi connectivity index (χ1v) is 8.91. The van der Waals surface area contributed by atoms with Gasteiger partial charge in [0, 0.05) is 20.1 Å². The van der Waals surface area contributed by atoms with Crippen LogP contribution in [-0.4, -0.2) is 51.3 Å². The van der Waals surface area contributed by atoms with Crippen LogP contribution in [0.4, 0.5) is 4.39 Å². The number of benzene rings is 1. The Bertz CT molecular complexity index is 697. The third kappa shape index (κ3) is 4.30. The summed E-state index contributed by atoms with van der Waals surface area (Å²) >= 11 is 0. The highest BCUT2D eigenvalue weighted by Gasteiger charge is 2.32. The number of nitrogens with one attached hydrogen (secondary N) is 1. The van der Waals surface area contributed by atoms with Crippen LogP contribution in [0.1, 0.15) is 12.8 Å². The molecule has 1 aromatic rings. The van der Waals surface area contributed by atoms with Crippen LogP contribution >= 0.6 is 0 Å². The minimum Gasteiger partial charge on any atom is -0.455 e. The first-order valence-electron chi connectivity index (χ1n) is 7.47. The number of hydrogen-bond donors (Lipinski definition) is 1. The van der Waals surface area contributed by atoms with Crippen LogP contribution in [0.3, 0.4) is 0 Å². The summed E-state index contributed by atoms with van der Waals surface area (Å²) in [6.07, 6.45) is 0.625. The van der Waals surface area contributed by atoms with Crippen molar-refractivity contribution in [2.45, 2.75) is 17.7 Å². The van der Waals surface area contributed by atoms with E-state index in [-0.39, 0.29) is 24.6 Å². The van der Waals surface area contributed by atoms with Crippen LogP contribution in [0.5, 0.6) is 0 Å². The molecule has 1 N–H and O–H groups in total. The van der Waals surface area contributed by atoms with Crippen molar-refractivity contribution in [3.05, 3.63) is 30.1 Å². The summed E-state index contributed by atoms with van der Waals surface area (Å²) in [5.41, 5.74) is 0. The van der Waals surface area contributed by atoms with Crippen LogP contribution in [0, 0.1) is 11.7 Å². The second-order valence-corrected chi connectivity index (χ2v) is 7.35. The molecule has 0 saturated carbocycles. The molecule has 1 aliphatic rings. The summed E-state index contributed by atoms with van der Waals surface area (Å²) in [7, 11) is -2.27. The third-order valence-electron chi connectivity index (χ3n) is 3.86. The normalized spacial score (nSPS) is 16.6. The molecule has 1 heterocycles. The highest BCUT2D eigenvalue weighted by molar-refractivity contribution is 7.89. The Morgan fingerprint density at radius 2 is 1.83 bits per heavy atom. The Kier molecular flexibility index (Phi) is 5.89. The molecule has 2 rings (SSSR count). The van der Waals surface area contributed by atoms with Crippen molar-refractivity contribution in [1.82, 2.24) is 9.62 Å². The zero-order chi connectivity index (χ0) is 17.7. The van der Waals surface area contributed by atoms with E-state index in [2.05, 4.69) is 5.32 Å². The van der Waals surface area contributed by atoms with Gasteiger partial charge in [0.25, 0.3) is 5.91 Å². The van der Waals surface area contributed by atoms with E-state index in [4.69, 9.17) is 4.74 Å². The van der Waals surface area contributed by atoms with Crippen molar-refractivity contribution >= 4 is 21.9 Å². The first kappa shape index (κ1) is 18.3. The van der Waals surface area contributed by atoms with Gasteiger partial charge in [0.15, 0.2) is 6.61 Å². The standard InChI is InChI=1S/C15H19FN2O5S/c1-17-14(19)10-23-15(20)11-6-8-18(9-7-11)24(21,22)13-4-2-12(16)3-5-13/h2-5,11H,6-10H2,1H3,(H,17,19). The molecule has 9 heteroatoms. The van der Waals surface area contributed by atoms with Gasteiger partial charge in [-0.25, -0.2) is 12.8 Å². The molecule has 24 heavy (non-hydrogen) atoms. The summed E-state index contributed by atoms with van der Waals surface area (Å²) in [6, 6.07) is 4.62. The van der Waals surface area contributed by atoms with E-state index in [1.54, 1.807) is 0 Å². The fourth-order valence-electron chi connectivity index (χ4n) is 2.41. The molecule has 0 radical (unpaired) electrons. The van der Waals surface area contributed by atoms with Crippen LogP contribution in [0.2, 0.25) is 0 Å². The lowest BCUT2D eigenvalue weighted by atomic mass is 9.98. The van der Waals surface area contributed by atoms with Gasteiger partial charge in [-0.2, -0.15) is 4.31 Å². The molecule has 1 aliphatic heterocycles. The maximum absolute atomic E-state index is 12.9. The fraction of sp³-hybridized carbons (Fsp3) is 0.467. The predicted octanol–water partition coefficient (Wildman–Crippen LogP) is 0.516. The average Bonchev–Trinajstić information content (AvgIpc) is 2.59. The summed E-state index contributed by atoms with van der Waals surface area (Å²) in [5.74, 6) is -1.85. The van der Waals surface area contributed by atoms with Gasteiger partial charge < -0.3 is 10.1 Å². The second-order valence-electron chi connectivity index (χ2n) is 5.41. The minimum atomic E-state index is -3.71. The third-order valence-corrected chi connectivity index (χ3v) is 5.78. The number of nitrogens with zero attached hydrogens (tertiary/aromatic N) is 1. The molecule has 132 valence electrons. The second kappa shape index (κ2) is 7.71. The van der Waals surface area contributed by atoms with Gasteiger partial charge in [-0.15, -0.1) is 0 Å². The van der Waals surface area contributed by atoms with Crippen LogP contribution < -0.4 is 5.32 Å². The summed E-state index contributed by atoms with van der Waals surface area (Å²) in [5, 5.41) is 2.34. The summed E-state index contributed by atoms with van der Waals surface area (Å²) in [4.78, 5) is 22.9. The molecule has 1 fully saturated rings. The Labute approximate surface area is 139 Å². The van der Waals surface area contributed by atoms with Gasteiger partial charge in [-0.1, -0.05) is 0 Å². The summed E-state index contributed by atoms with van der Waals surface area (Å²) in [6.45, 7) is -0.0116. The number of halogens is 1. The highest BCUT2D eigenvalue weighted by Crippen LogP contribution is 2.24. The number of esters is 1. The maximum Gasteiger partial charge on any atom is 0.309 e. The number of carbonyl (C=O) groups is 2. The molecular formula is C15H19FN2O5S. The molecule has 0 bridgehead atoms. The van der Waals surface area contributed by atoms with E-state index in [1.807, 2.05) is 0 Å². The number of likely N-dealkylation sites (N-methyl/N-ethyl adjacent to an activating group) is 1. The molecule has 0 unspecified atom stereocenters. The first-order chi connectivity index (χ1) is 11.3.